The summed E-state index contributed by atoms with van der Waals surface area (Å²) in [6, 6.07) is 11.9. The molecule has 1 saturated heterocycles. The van der Waals surface area contributed by atoms with Crippen LogP contribution >= 0.6 is 0 Å². The first-order chi connectivity index (χ1) is 13.0. The number of amides is 3. The zero-order chi connectivity index (χ0) is 19.0. The summed E-state index contributed by atoms with van der Waals surface area (Å²) in [5.41, 5.74) is 0.863. The predicted molar refractivity (Wildman–Crippen MR) is 93.1 cm³/mol. The number of carbonyl (C=O) groups is 3. The molecular formula is C18H14FN5O3. The standard InChI is InChI=1S/C18H14FN5O3/c19-11-6-8-13(9-7-11)24-17(26)15-16(18(24)27)23(22-21-15)10-14(25)20-12-4-2-1-3-5-12/h1-9,15-16H,10H2,(H,20,25)/t15-,16+/m1/s1. The van der Waals surface area contributed by atoms with E-state index in [-0.39, 0.29) is 18.1 Å². The second-order valence-corrected chi connectivity index (χ2v) is 6.09. The quantitative estimate of drug-likeness (QED) is 0.833. The van der Waals surface area contributed by atoms with Crippen molar-refractivity contribution in [3.8, 4) is 0 Å². The van der Waals surface area contributed by atoms with Gasteiger partial charge in [-0.05, 0) is 36.4 Å². The fourth-order valence-corrected chi connectivity index (χ4v) is 3.07. The lowest BCUT2D eigenvalue weighted by Gasteiger charge is -2.20. The topological polar surface area (TPSA) is 94.4 Å². The molecule has 9 heteroatoms. The highest BCUT2D eigenvalue weighted by Gasteiger charge is 2.55. The van der Waals surface area contributed by atoms with Gasteiger partial charge in [-0.25, -0.2) is 9.29 Å². The summed E-state index contributed by atoms with van der Waals surface area (Å²) in [6.45, 7) is -0.226. The number of benzene rings is 2. The van der Waals surface area contributed by atoms with Gasteiger partial charge in [-0.1, -0.05) is 23.4 Å². The van der Waals surface area contributed by atoms with Crippen LogP contribution in [0.3, 0.4) is 0 Å². The van der Waals surface area contributed by atoms with E-state index in [1.807, 2.05) is 6.07 Å². The Kier molecular flexibility index (Phi) is 4.11. The van der Waals surface area contributed by atoms with Crippen LogP contribution in [0.2, 0.25) is 0 Å². The average molecular weight is 367 g/mol. The number of imide groups is 1. The van der Waals surface area contributed by atoms with Crippen molar-refractivity contribution < 1.29 is 18.8 Å². The molecule has 8 nitrogen and oxygen atoms in total. The number of halogens is 1. The highest BCUT2D eigenvalue weighted by molar-refractivity contribution is 6.25. The van der Waals surface area contributed by atoms with E-state index in [1.165, 1.54) is 17.1 Å². The smallest absolute Gasteiger partial charge is 0.263 e. The van der Waals surface area contributed by atoms with E-state index in [4.69, 9.17) is 0 Å². The maximum atomic E-state index is 13.1. The Bertz CT molecular complexity index is 932. The molecule has 0 saturated carbocycles. The average Bonchev–Trinajstić information content (AvgIpc) is 3.17. The number of para-hydroxylation sites is 1. The number of nitrogens with one attached hydrogen (secondary N) is 1. The van der Waals surface area contributed by atoms with E-state index in [2.05, 4.69) is 15.7 Å². The van der Waals surface area contributed by atoms with E-state index in [0.29, 0.717) is 5.69 Å². The van der Waals surface area contributed by atoms with E-state index in [0.717, 1.165) is 17.0 Å². The number of fused-ring (bicyclic) bond motifs is 1. The van der Waals surface area contributed by atoms with Crippen molar-refractivity contribution in [1.82, 2.24) is 5.01 Å². The summed E-state index contributed by atoms with van der Waals surface area (Å²) in [5, 5.41) is 11.6. The van der Waals surface area contributed by atoms with E-state index < -0.39 is 29.7 Å². The zero-order valence-electron chi connectivity index (χ0n) is 13.9. The lowest BCUT2D eigenvalue weighted by molar-refractivity contribution is -0.123. The third-order valence-electron chi connectivity index (χ3n) is 4.31. The normalized spacial score (nSPS) is 20.9. The molecule has 27 heavy (non-hydrogen) atoms. The molecule has 3 amide bonds. The van der Waals surface area contributed by atoms with Gasteiger partial charge >= 0.3 is 0 Å². The Hall–Kier alpha value is -3.62. The van der Waals surface area contributed by atoms with Crippen LogP contribution in [0.25, 0.3) is 0 Å². The van der Waals surface area contributed by atoms with Crippen LogP contribution in [-0.4, -0.2) is 41.4 Å². The lowest BCUT2D eigenvalue weighted by Crippen LogP contribution is -2.43. The molecular weight excluding hydrogens is 353 g/mol. The third kappa shape index (κ3) is 3.03. The SMILES string of the molecule is O=C(CN1N=N[C@H]2C(=O)N(c3ccc(F)cc3)C(=O)[C@H]21)Nc1ccccc1. The maximum Gasteiger partial charge on any atom is 0.263 e. The largest absolute Gasteiger partial charge is 0.324 e. The molecule has 0 aliphatic carbocycles. The first-order valence-electron chi connectivity index (χ1n) is 8.20. The summed E-state index contributed by atoms with van der Waals surface area (Å²) < 4.78 is 13.1. The first kappa shape index (κ1) is 16.8. The molecule has 2 aliphatic heterocycles. The minimum absolute atomic E-state index is 0.226. The number of hydrogen-bond donors (Lipinski definition) is 1. The fraction of sp³-hybridized carbons (Fsp3) is 0.167. The number of nitrogens with zero attached hydrogens (tertiary/aromatic N) is 4. The second kappa shape index (κ2) is 6.60. The summed E-state index contributed by atoms with van der Waals surface area (Å²) in [4.78, 5) is 38.5. The summed E-state index contributed by atoms with van der Waals surface area (Å²) in [5.74, 6) is -1.96. The van der Waals surface area contributed by atoms with Gasteiger partial charge in [0.1, 0.15) is 12.4 Å². The van der Waals surface area contributed by atoms with Crippen LogP contribution in [-0.2, 0) is 14.4 Å². The molecule has 0 radical (unpaired) electrons. The van der Waals surface area contributed by atoms with Crippen LogP contribution < -0.4 is 10.2 Å². The third-order valence-corrected chi connectivity index (χ3v) is 4.31. The Morgan fingerprint density at radius 3 is 2.44 bits per heavy atom. The molecule has 4 rings (SSSR count). The number of anilines is 2. The summed E-state index contributed by atoms with van der Waals surface area (Å²) in [7, 11) is 0. The number of hydrogen-bond acceptors (Lipinski definition) is 6. The molecule has 2 atom stereocenters. The molecule has 0 aromatic heterocycles. The maximum absolute atomic E-state index is 13.1. The minimum Gasteiger partial charge on any atom is -0.324 e. The van der Waals surface area contributed by atoms with Gasteiger partial charge in [-0.15, -0.1) is 0 Å². The molecule has 0 unspecified atom stereocenters. The first-order valence-corrected chi connectivity index (χ1v) is 8.20. The Balaban J connectivity index is 1.49. The van der Waals surface area contributed by atoms with Gasteiger partial charge in [0.15, 0.2) is 12.1 Å². The minimum atomic E-state index is -1.01. The molecule has 0 bridgehead atoms. The molecule has 0 spiro atoms. The zero-order valence-corrected chi connectivity index (χ0v) is 13.9. The van der Waals surface area contributed by atoms with Crippen LogP contribution in [0.4, 0.5) is 15.8 Å². The molecule has 2 aliphatic rings. The molecule has 2 aromatic rings. The Morgan fingerprint density at radius 1 is 1.04 bits per heavy atom. The van der Waals surface area contributed by atoms with Crippen molar-refractivity contribution >= 4 is 29.1 Å². The molecule has 1 fully saturated rings. The van der Waals surface area contributed by atoms with Gasteiger partial charge in [0, 0.05) is 5.69 Å². The summed E-state index contributed by atoms with van der Waals surface area (Å²) in [6.07, 6.45) is 0. The van der Waals surface area contributed by atoms with E-state index >= 15 is 0 Å². The van der Waals surface area contributed by atoms with E-state index in [1.54, 1.807) is 24.3 Å². The van der Waals surface area contributed by atoms with Crippen molar-refractivity contribution in [2.45, 2.75) is 12.1 Å². The van der Waals surface area contributed by atoms with Crippen LogP contribution in [0.5, 0.6) is 0 Å². The van der Waals surface area contributed by atoms with Crippen molar-refractivity contribution in [2.75, 3.05) is 16.8 Å². The van der Waals surface area contributed by atoms with Gasteiger partial charge in [0.2, 0.25) is 5.91 Å². The number of carbonyl (C=O) groups excluding carboxylic acids is 3. The highest BCUT2D eigenvalue weighted by Crippen LogP contribution is 2.31. The second-order valence-electron chi connectivity index (χ2n) is 6.09. The van der Waals surface area contributed by atoms with Crippen LogP contribution in [0.1, 0.15) is 0 Å². The van der Waals surface area contributed by atoms with Crippen molar-refractivity contribution in [3.63, 3.8) is 0 Å². The monoisotopic (exact) mass is 367 g/mol. The van der Waals surface area contributed by atoms with Crippen LogP contribution in [0.15, 0.2) is 64.9 Å². The van der Waals surface area contributed by atoms with Crippen molar-refractivity contribution in [2.24, 2.45) is 10.3 Å². The predicted octanol–water partition coefficient (Wildman–Crippen LogP) is 1.76. The van der Waals surface area contributed by atoms with Gasteiger partial charge in [-0.2, -0.15) is 5.11 Å². The van der Waals surface area contributed by atoms with Crippen molar-refractivity contribution in [3.05, 3.63) is 60.4 Å². The molecule has 2 heterocycles. The van der Waals surface area contributed by atoms with Crippen LogP contribution in [0, 0.1) is 5.82 Å². The van der Waals surface area contributed by atoms with Gasteiger partial charge in [0.25, 0.3) is 11.8 Å². The highest BCUT2D eigenvalue weighted by atomic mass is 19.1. The fourth-order valence-electron chi connectivity index (χ4n) is 3.07. The number of rotatable bonds is 4. The van der Waals surface area contributed by atoms with E-state index in [9.17, 15) is 18.8 Å². The lowest BCUT2D eigenvalue weighted by atomic mass is 10.1. The molecule has 1 N–H and O–H groups in total. The molecule has 136 valence electrons. The van der Waals surface area contributed by atoms with Gasteiger partial charge in [0.05, 0.1) is 5.69 Å². The Labute approximate surface area is 153 Å². The molecule has 2 aromatic carbocycles. The summed E-state index contributed by atoms with van der Waals surface area (Å²) >= 11 is 0. The van der Waals surface area contributed by atoms with Gasteiger partial charge < -0.3 is 5.32 Å². The van der Waals surface area contributed by atoms with Gasteiger partial charge in [-0.3, -0.25) is 19.4 Å². The van der Waals surface area contributed by atoms with Crippen molar-refractivity contribution in [1.29, 1.82) is 0 Å². The Morgan fingerprint density at radius 2 is 1.74 bits per heavy atom.